The number of hydrogen-bond donors (Lipinski definition) is 1. The third kappa shape index (κ3) is 5.66. The van der Waals surface area contributed by atoms with Crippen molar-refractivity contribution in [3.05, 3.63) is 11.1 Å². The lowest BCUT2D eigenvalue weighted by Gasteiger charge is -2.12. The predicted octanol–water partition coefficient (Wildman–Crippen LogP) is 1.47. The van der Waals surface area contributed by atoms with Gasteiger partial charge in [0.05, 0.1) is 0 Å². The lowest BCUT2D eigenvalue weighted by atomic mass is 10.2. The number of carbonyl (C=O) groups excluding carboxylic acids is 1. The second-order valence-corrected chi connectivity index (χ2v) is 3.07. The fourth-order valence-corrected chi connectivity index (χ4v) is 1.31. The summed E-state index contributed by atoms with van der Waals surface area (Å²) in [6.07, 6.45) is 1.83. The molecule has 0 saturated carbocycles. The second kappa shape index (κ2) is 10.4. The topological polar surface area (TPSA) is 58.7 Å². The quantitative estimate of drug-likeness (QED) is 0.690. The van der Waals surface area contributed by atoms with Gasteiger partial charge in [-0.15, -0.1) is 0 Å². The molecule has 4 heteroatoms. The maximum atomic E-state index is 11.0. The highest BCUT2D eigenvalue weighted by atomic mass is 16.2. The van der Waals surface area contributed by atoms with Crippen LogP contribution in [-0.2, 0) is 4.79 Å². The van der Waals surface area contributed by atoms with E-state index < -0.39 is 0 Å². The molecule has 1 heterocycles. The van der Waals surface area contributed by atoms with E-state index in [1.54, 1.807) is 14.0 Å². The van der Waals surface area contributed by atoms with Crippen LogP contribution in [0, 0.1) is 0 Å². The molecule has 0 bridgehead atoms. The van der Waals surface area contributed by atoms with Crippen LogP contribution >= 0.6 is 0 Å². The van der Waals surface area contributed by atoms with Crippen LogP contribution in [0.2, 0.25) is 0 Å². The van der Waals surface area contributed by atoms with Gasteiger partial charge in [0.25, 0.3) is 0 Å². The summed E-state index contributed by atoms with van der Waals surface area (Å²) in [6.45, 7) is 9.12. The Balaban J connectivity index is 0. The number of hydrogen-bond acceptors (Lipinski definition) is 3. The molecule has 0 spiro atoms. The van der Waals surface area contributed by atoms with Gasteiger partial charge in [-0.25, -0.2) is 0 Å². The standard InChI is InChI=1S/C9H14N2O.C2H6.CH5N/c1-7-5-11(8(2)12)6-9(7)4-10-3;2*1-2/h4H,5-6H2,1-3H3;1-2H3;2H2,1H3. The first-order valence-corrected chi connectivity index (χ1v) is 5.59. The van der Waals surface area contributed by atoms with Crippen molar-refractivity contribution in [2.24, 2.45) is 10.7 Å². The van der Waals surface area contributed by atoms with E-state index in [1.807, 2.05) is 31.9 Å². The van der Waals surface area contributed by atoms with Crippen LogP contribution in [0.5, 0.6) is 0 Å². The van der Waals surface area contributed by atoms with E-state index in [1.165, 1.54) is 18.2 Å². The number of amides is 1. The Bertz CT molecular complexity index is 257. The Kier molecular flexibility index (Phi) is 11.2. The summed E-state index contributed by atoms with van der Waals surface area (Å²) in [4.78, 5) is 16.7. The fraction of sp³-hybridized carbons (Fsp3) is 0.667. The van der Waals surface area contributed by atoms with Gasteiger partial charge in [-0.05, 0) is 25.1 Å². The van der Waals surface area contributed by atoms with Gasteiger partial charge in [0, 0.05) is 33.3 Å². The Hall–Kier alpha value is -1.16. The van der Waals surface area contributed by atoms with Gasteiger partial charge in [-0.3, -0.25) is 9.79 Å². The van der Waals surface area contributed by atoms with E-state index >= 15 is 0 Å². The third-order valence-electron chi connectivity index (χ3n) is 2.07. The SMILES string of the molecule is CC.CN.CN=CC1=C(C)CN(C(C)=O)C1. The summed E-state index contributed by atoms with van der Waals surface area (Å²) in [5.74, 6) is 0.133. The van der Waals surface area contributed by atoms with E-state index in [-0.39, 0.29) is 5.91 Å². The minimum Gasteiger partial charge on any atom is -0.335 e. The van der Waals surface area contributed by atoms with E-state index in [2.05, 4.69) is 10.7 Å². The van der Waals surface area contributed by atoms with Crippen LogP contribution in [0.4, 0.5) is 0 Å². The van der Waals surface area contributed by atoms with Crippen LogP contribution in [0.25, 0.3) is 0 Å². The van der Waals surface area contributed by atoms with Crippen LogP contribution in [0.1, 0.15) is 27.7 Å². The first kappa shape index (κ1) is 17.2. The molecule has 1 aliphatic heterocycles. The first-order valence-electron chi connectivity index (χ1n) is 5.59. The molecule has 0 unspecified atom stereocenters. The molecule has 4 nitrogen and oxygen atoms in total. The molecule has 1 rings (SSSR count). The van der Waals surface area contributed by atoms with Gasteiger partial charge in [-0.2, -0.15) is 0 Å². The van der Waals surface area contributed by atoms with E-state index in [0.29, 0.717) is 0 Å². The van der Waals surface area contributed by atoms with Gasteiger partial charge >= 0.3 is 0 Å². The molecule has 0 aromatic rings. The lowest BCUT2D eigenvalue weighted by Crippen LogP contribution is -2.26. The maximum absolute atomic E-state index is 11.0. The Morgan fingerprint density at radius 2 is 1.88 bits per heavy atom. The van der Waals surface area contributed by atoms with Crippen LogP contribution in [0.3, 0.4) is 0 Å². The fourth-order valence-electron chi connectivity index (χ4n) is 1.31. The Morgan fingerprint density at radius 3 is 2.19 bits per heavy atom. The van der Waals surface area contributed by atoms with Crippen molar-refractivity contribution >= 4 is 12.1 Å². The summed E-state index contributed by atoms with van der Waals surface area (Å²) in [5.41, 5.74) is 6.92. The molecule has 1 amide bonds. The molecule has 16 heavy (non-hydrogen) atoms. The number of aliphatic imine (C=N–C) groups is 1. The monoisotopic (exact) mass is 227 g/mol. The van der Waals surface area contributed by atoms with Crippen molar-refractivity contribution in [2.45, 2.75) is 27.7 Å². The van der Waals surface area contributed by atoms with Gasteiger partial charge in [-0.1, -0.05) is 13.8 Å². The van der Waals surface area contributed by atoms with Crippen molar-refractivity contribution in [1.82, 2.24) is 4.90 Å². The van der Waals surface area contributed by atoms with Crippen LogP contribution in [-0.4, -0.2) is 44.2 Å². The average Bonchev–Trinajstić information content (AvgIpc) is 2.67. The third-order valence-corrected chi connectivity index (χ3v) is 2.07. The minimum absolute atomic E-state index is 0.133. The molecule has 0 saturated heterocycles. The van der Waals surface area contributed by atoms with Crippen molar-refractivity contribution < 1.29 is 4.79 Å². The summed E-state index contributed by atoms with van der Waals surface area (Å²) in [7, 11) is 3.25. The molecule has 1 aliphatic rings. The van der Waals surface area contributed by atoms with Crippen LogP contribution < -0.4 is 5.73 Å². The summed E-state index contributed by atoms with van der Waals surface area (Å²) in [6, 6.07) is 0. The molecule has 0 aromatic heterocycles. The summed E-state index contributed by atoms with van der Waals surface area (Å²) >= 11 is 0. The molecule has 0 fully saturated rings. The Morgan fingerprint density at radius 1 is 1.38 bits per heavy atom. The zero-order valence-electron chi connectivity index (χ0n) is 11.4. The number of nitrogens with two attached hydrogens (primary N) is 1. The molecule has 0 atom stereocenters. The summed E-state index contributed by atoms with van der Waals surface area (Å²) in [5, 5.41) is 0. The van der Waals surface area contributed by atoms with Crippen molar-refractivity contribution in [3.63, 3.8) is 0 Å². The normalized spacial score (nSPS) is 14.3. The van der Waals surface area contributed by atoms with E-state index in [9.17, 15) is 4.79 Å². The predicted molar refractivity (Wildman–Crippen MR) is 70.8 cm³/mol. The molecular formula is C12H25N3O. The second-order valence-electron chi connectivity index (χ2n) is 3.07. The van der Waals surface area contributed by atoms with Gasteiger partial charge < -0.3 is 10.6 Å². The van der Waals surface area contributed by atoms with Gasteiger partial charge in [0.1, 0.15) is 0 Å². The zero-order chi connectivity index (χ0) is 13.1. The molecular weight excluding hydrogens is 202 g/mol. The molecule has 0 radical (unpaired) electrons. The number of nitrogens with zero attached hydrogens (tertiary/aromatic N) is 2. The van der Waals surface area contributed by atoms with Crippen molar-refractivity contribution in [3.8, 4) is 0 Å². The highest BCUT2D eigenvalue weighted by Gasteiger charge is 2.19. The highest BCUT2D eigenvalue weighted by Crippen LogP contribution is 2.14. The Labute approximate surface area is 99.2 Å². The van der Waals surface area contributed by atoms with E-state index in [0.717, 1.165) is 13.1 Å². The number of carbonyl (C=O) groups is 1. The van der Waals surface area contributed by atoms with Crippen molar-refractivity contribution in [2.75, 3.05) is 27.2 Å². The maximum Gasteiger partial charge on any atom is 0.220 e. The molecule has 94 valence electrons. The molecule has 0 aliphatic carbocycles. The van der Waals surface area contributed by atoms with Crippen molar-refractivity contribution in [1.29, 1.82) is 0 Å². The minimum atomic E-state index is 0.133. The smallest absolute Gasteiger partial charge is 0.220 e. The average molecular weight is 227 g/mol. The molecule has 0 aromatic carbocycles. The van der Waals surface area contributed by atoms with Crippen LogP contribution in [0.15, 0.2) is 16.1 Å². The zero-order valence-corrected chi connectivity index (χ0v) is 11.4. The first-order chi connectivity index (χ1) is 7.65. The van der Waals surface area contributed by atoms with E-state index in [4.69, 9.17) is 0 Å². The molecule has 2 N–H and O–H groups in total. The van der Waals surface area contributed by atoms with Gasteiger partial charge in [0.2, 0.25) is 5.91 Å². The largest absolute Gasteiger partial charge is 0.335 e. The highest BCUT2D eigenvalue weighted by molar-refractivity contribution is 5.84. The number of rotatable bonds is 1. The van der Waals surface area contributed by atoms with Gasteiger partial charge in [0.15, 0.2) is 0 Å². The lowest BCUT2D eigenvalue weighted by molar-refractivity contribution is -0.127. The summed E-state index contributed by atoms with van der Waals surface area (Å²) < 4.78 is 0.